The average molecular weight is 435 g/mol. The maximum Gasteiger partial charge on any atom is 0.221 e. The Labute approximate surface area is 178 Å². The SMILES string of the molecule is Cl.Nc1ccc2c(c1)CCCC2NC(=O)CCS(=O)(=O)c1ccc2c(c1)CCC2. The molecule has 2 aromatic carbocycles. The second-order valence-corrected chi connectivity index (χ2v) is 9.93. The van der Waals surface area contributed by atoms with Crippen molar-refractivity contribution in [1.29, 1.82) is 0 Å². The number of halogens is 1. The molecule has 2 aliphatic rings. The van der Waals surface area contributed by atoms with Crippen molar-refractivity contribution in [1.82, 2.24) is 5.32 Å². The highest BCUT2D eigenvalue weighted by atomic mass is 35.5. The van der Waals surface area contributed by atoms with E-state index in [2.05, 4.69) is 5.32 Å². The summed E-state index contributed by atoms with van der Waals surface area (Å²) in [5, 5.41) is 3.02. The maximum absolute atomic E-state index is 12.7. The van der Waals surface area contributed by atoms with E-state index in [-0.39, 0.29) is 36.5 Å². The largest absolute Gasteiger partial charge is 0.399 e. The molecule has 0 heterocycles. The van der Waals surface area contributed by atoms with Gasteiger partial charge < -0.3 is 11.1 Å². The Kier molecular flexibility index (Phi) is 6.54. The van der Waals surface area contributed by atoms with Crippen molar-refractivity contribution in [3.05, 3.63) is 58.7 Å². The zero-order valence-corrected chi connectivity index (χ0v) is 17.9. The van der Waals surface area contributed by atoms with Gasteiger partial charge in [-0.1, -0.05) is 12.1 Å². The first-order chi connectivity index (χ1) is 13.4. The molecule has 2 aliphatic carbocycles. The second-order valence-electron chi connectivity index (χ2n) is 7.82. The van der Waals surface area contributed by atoms with Crippen LogP contribution in [-0.4, -0.2) is 20.1 Å². The molecule has 3 N–H and O–H groups in total. The van der Waals surface area contributed by atoms with Gasteiger partial charge in [0.1, 0.15) is 0 Å². The minimum Gasteiger partial charge on any atom is -0.399 e. The highest BCUT2D eigenvalue weighted by Crippen LogP contribution is 2.31. The van der Waals surface area contributed by atoms with Gasteiger partial charge in [0.25, 0.3) is 0 Å². The molecule has 4 rings (SSSR count). The fourth-order valence-electron chi connectivity index (χ4n) is 4.34. The molecule has 29 heavy (non-hydrogen) atoms. The molecule has 0 bridgehead atoms. The summed E-state index contributed by atoms with van der Waals surface area (Å²) in [6, 6.07) is 11.1. The highest BCUT2D eigenvalue weighted by molar-refractivity contribution is 7.91. The van der Waals surface area contributed by atoms with Crippen LogP contribution in [0.4, 0.5) is 5.69 Å². The van der Waals surface area contributed by atoms with Gasteiger partial charge in [0.2, 0.25) is 5.91 Å². The van der Waals surface area contributed by atoms with Crippen molar-refractivity contribution in [2.75, 3.05) is 11.5 Å². The van der Waals surface area contributed by atoms with E-state index >= 15 is 0 Å². The Balaban J connectivity index is 0.00000240. The van der Waals surface area contributed by atoms with Crippen molar-refractivity contribution in [2.45, 2.75) is 55.9 Å². The molecule has 2 aromatic rings. The molecule has 1 unspecified atom stereocenters. The quantitative estimate of drug-likeness (QED) is 0.704. The minimum atomic E-state index is -3.46. The molecule has 1 atom stereocenters. The van der Waals surface area contributed by atoms with E-state index < -0.39 is 9.84 Å². The van der Waals surface area contributed by atoms with Gasteiger partial charge >= 0.3 is 0 Å². The third-order valence-electron chi connectivity index (χ3n) is 5.84. The summed E-state index contributed by atoms with van der Waals surface area (Å²) in [4.78, 5) is 12.8. The summed E-state index contributed by atoms with van der Waals surface area (Å²) in [6.45, 7) is 0. The van der Waals surface area contributed by atoms with Crippen LogP contribution in [-0.2, 0) is 33.9 Å². The first-order valence-corrected chi connectivity index (χ1v) is 11.6. The summed E-state index contributed by atoms with van der Waals surface area (Å²) < 4.78 is 25.3. The molecule has 5 nitrogen and oxygen atoms in total. The number of fused-ring (bicyclic) bond motifs is 2. The number of amides is 1. The van der Waals surface area contributed by atoms with Gasteiger partial charge in [0.15, 0.2) is 9.84 Å². The lowest BCUT2D eigenvalue weighted by molar-refractivity contribution is -0.121. The van der Waals surface area contributed by atoms with Crippen LogP contribution in [0.2, 0.25) is 0 Å². The Bertz CT molecular complexity index is 1020. The smallest absolute Gasteiger partial charge is 0.221 e. The lowest BCUT2D eigenvalue weighted by Crippen LogP contribution is -2.32. The molecule has 0 aromatic heterocycles. The summed E-state index contributed by atoms with van der Waals surface area (Å²) in [7, 11) is -3.46. The molecule has 156 valence electrons. The van der Waals surface area contributed by atoms with E-state index in [1.807, 2.05) is 24.3 Å². The molecule has 7 heteroatoms. The molecule has 0 radical (unpaired) electrons. The second kappa shape index (κ2) is 8.76. The number of hydrogen-bond donors (Lipinski definition) is 2. The van der Waals surface area contributed by atoms with E-state index in [1.54, 1.807) is 12.1 Å². The normalized spacial score (nSPS) is 17.7. The third kappa shape index (κ3) is 4.75. The Hall–Kier alpha value is -2.05. The summed E-state index contributed by atoms with van der Waals surface area (Å²) in [5.41, 5.74) is 11.2. The van der Waals surface area contributed by atoms with Crippen molar-refractivity contribution in [2.24, 2.45) is 0 Å². The van der Waals surface area contributed by atoms with Gasteiger partial charge in [-0.3, -0.25) is 4.79 Å². The van der Waals surface area contributed by atoms with Gasteiger partial charge in [0, 0.05) is 12.1 Å². The number of rotatable bonds is 5. The van der Waals surface area contributed by atoms with E-state index in [1.165, 1.54) is 11.1 Å². The Morgan fingerprint density at radius 1 is 1.00 bits per heavy atom. The molecule has 0 aliphatic heterocycles. The fraction of sp³-hybridized carbons (Fsp3) is 0.409. The van der Waals surface area contributed by atoms with Gasteiger partial charge in [-0.05, 0) is 85.0 Å². The van der Waals surface area contributed by atoms with Gasteiger partial charge in [-0.2, -0.15) is 0 Å². The number of benzene rings is 2. The number of aryl methyl sites for hydroxylation is 3. The molecule has 1 amide bonds. The Morgan fingerprint density at radius 2 is 1.76 bits per heavy atom. The van der Waals surface area contributed by atoms with Crippen LogP contribution in [0.5, 0.6) is 0 Å². The van der Waals surface area contributed by atoms with E-state index in [4.69, 9.17) is 5.73 Å². The van der Waals surface area contributed by atoms with Gasteiger partial charge in [-0.15, -0.1) is 12.4 Å². The molecular formula is C22H27ClN2O3S. The summed E-state index contributed by atoms with van der Waals surface area (Å²) >= 11 is 0. The van der Waals surface area contributed by atoms with Gasteiger partial charge in [-0.25, -0.2) is 8.42 Å². The molecule has 0 fully saturated rings. The van der Waals surface area contributed by atoms with E-state index in [0.717, 1.165) is 55.3 Å². The Morgan fingerprint density at radius 3 is 2.59 bits per heavy atom. The standard InChI is InChI=1S/C22H26N2O3S.ClH/c23-18-8-10-20-17(13-18)5-2-6-21(20)24-22(25)11-12-28(26,27)19-9-7-15-3-1-4-16(15)14-19;/h7-10,13-14,21H,1-6,11-12,23H2,(H,24,25);1H. The molecule has 0 spiro atoms. The van der Waals surface area contributed by atoms with Crippen LogP contribution in [0.15, 0.2) is 41.3 Å². The van der Waals surface area contributed by atoms with Crippen LogP contribution in [0.1, 0.15) is 54.0 Å². The predicted molar refractivity (Wildman–Crippen MR) is 117 cm³/mol. The number of hydrogen-bond acceptors (Lipinski definition) is 4. The maximum atomic E-state index is 12.7. The fourth-order valence-corrected chi connectivity index (χ4v) is 5.62. The molecular weight excluding hydrogens is 408 g/mol. The predicted octanol–water partition coefficient (Wildman–Crippen LogP) is 3.54. The third-order valence-corrected chi connectivity index (χ3v) is 7.56. The lowest BCUT2D eigenvalue weighted by Gasteiger charge is -2.26. The summed E-state index contributed by atoms with van der Waals surface area (Å²) in [6.07, 6.45) is 5.81. The first kappa shape index (κ1) is 21.7. The van der Waals surface area contributed by atoms with Crippen LogP contribution >= 0.6 is 12.4 Å². The van der Waals surface area contributed by atoms with Crippen molar-refractivity contribution < 1.29 is 13.2 Å². The van der Waals surface area contributed by atoms with E-state index in [9.17, 15) is 13.2 Å². The highest BCUT2D eigenvalue weighted by Gasteiger charge is 2.24. The van der Waals surface area contributed by atoms with Crippen molar-refractivity contribution in [3.8, 4) is 0 Å². The minimum absolute atomic E-state index is 0. The molecule has 0 saturated heterocycles. The number of anilines is 1. The van der Waals surface area contributed by atoms with Crippen molar-refractivity contribution >= 4 is 33.8 Å². The number of carbonyl (C=O) groups excluding carboxylic acids is 1. The van der Waals surface area contributed by atoms with Crippen LogP contribution < -0.4 is 11.1 Å². The summed E-state index contributed by atoms with van der Waals surface area (Å²) in [5.74, 6) is -0.390. The zero-order chi connectivity index (χ0) is 19.7. The zero-order valence-electron chi connectivity index (χ0n) is 16.3. The molecule has 0 saturated carbocycles. The number of carbonyl (C=O) groups is 1. The van der Waals surface area contributed by atoms with Gasteiger partial charge in [0.05, 0.1) is 16.7 Å². The van der Waals surface area contributed by atoms with E-state index in [0.29, 0.717) is 4.90 Å². The topological polar surface area (TPSA) is 89.3 Å². The average Bonchev–Trinajstić information content (AvgIpc) is 3.14. The number of nitrogens with one attached hydrogen (secondary N) is 1. The number of nitrogen functional groups attached to an aromatic ring is 1. The van der Waals surface area contributed by atoms with Crippen LogP contribution in [0, 0.1) is 0 Å². The van der Waals surface area contributed by atoms with Crippen molar-refractivity contribution in [3.63, 3.8) is 0 Å². The number of sulfone groups is 1. The van der Waals surface area contributed by atoms with Crippen LogP contribution in [0.3, 0.4) is 0 Å². The first-order valence-electron chi connectivity index (χ1n) is 9.94. The monoisotopic (exact) mass is 434 g/mol. The van der Waals surface area contributed by atoms with Crippen LogP contribution in [0.25, 0.3) is 0 Å². The lowest BCUT2D eigenvalue weighted by atomic mass is 9.87. The number of nitrogens with two attached hydrogens (primary N) is 1.